The van der Waals surface area contributed by atoms with Crippen molar-refractivity contribution in [1.29, 1.82) is 0 Å². The van der Waals surface area contributed by atoms with Gasteiger partial charge in [0.25, 0.3) is 0 Å². The minimum Gasteiger partial charge on any atom is -0.385 e. The first-order valence-corrected chi connectivity index (χ1v) is 6.80. The quantitative estimate of drug-likeness (QED) is 0.465. The number of aliphatic imine (C=N–C) groups is 1. The van der Waals surface area contributed by atoms with Crippen LogP contribution in [0.4, 0.5) is 0 Å². The summed E-state index contributed by atoms with van der Waals surface area (Å²) in [5.41, 5.74) is 1.28. The Morgan fingerprint density at radius 3 is 2.68 bits per heavy atom. The fourth-order valence-electron chi connectivity index (χ4n) is 1.80. The molecule has 1 aromatic carbocycles. The van der Waals surface area contributed by atoms with Gasteiger partial charge in [-0.1, -0.05) is 30.3 Å². The van der Waals surface area contributed by atoms with E-state index in [-0.39, 0.29) is 0 Å². The molecule has 0 saturated carbocycles. The molecule has 4 heteroatoms. The Hall–Kier alpha value is -1.55. The molecule has 0 radical (unpaired) electrons. The molecule has 106 valence electrons. The van der Waals surface area contributed by atoms with Crippen LogP contribution in [0, 0.1) is 0 Å². The fraction of sp³-hybridized carbons (Fsp3) is 0.533. The van der Waals surface area contributed by atoms with Gasteiger partial charge in [-0.25, -0.2) is 0 Å². The van der Waals surface area contributed by atoms with E-state index in [1.165, 1.54) is 5.56 Å². The van der Waals surface area contributed by atoms with Gasteiger partial charge in [-0.15, -0.1) is 0 Å². The van der Waals surface area contributed by atoms with E-state index in [1.807, 2.05) is 6.07 Å². The maximum atomic E-state index is 5.04. The Morgan fingerprint density at radius 1 is 1.32 bits per heavy atom. The Balaban J connectivity index is 2.54. The standard InChI is InChI=1S/C15H25N3O/c1-4-16-15(17-11-8-12-19-3)18(2)13-14-9-6-5-7-10-14/h5-7,9-10H,4,8,11-13H2,1-3H3,(H,16,17). The summed E-state index contributed by atoms with van der Waals surface area (Å²) in [7, 11) is 3.78. The highest BCUT2D eigenvalue weighted by atomic mass is 16.5. The van der Waals surface area contributed by atoms with Crippen molar-refractivity contribution in [2.45, 2.75) is 19.9 Å². The molecular formula is C15H25N3O. The van der Waals surface area contributed by atoms with E-state index in [2.05, 4.69) is 53.4 Å². The van der Waals surface area contributed by atoms with E-state index in [9.17, 15) is 0 Å². The molecule has 1 rings (SSSR count). The summed E-state index contributed by atoms with van der Waals surface area (Å²) in [6.07, 6.45) is 0.949. The molecule has 1 aromatic rings. The lowest BCUT2D eigenvalue weighted by molar-refractivity contribution is 0.197. The van der Waals surface area contributed by atoms with Crippen LogP contribution < -0.4 is 5.32 Å². The van der Waals surface area contributed by atoms with Crippen LogP contribution >= 0.6 is 0 Å². The lowest BCUT2D eigenvalue weighted by atomic mass is 10.2. The van der Waals surface area contributed by atoms with Gasteiger partial charge in [0.2, 0.25) is 0 Å². The van der Waals surface area contributed by atoms with Crippen LogP contribution in [-0.4, -0.2) is 44.7 Å². The summed E-state index contributed by atoms with van der Waals surface area (Å²) in [5, 5.41) is 3.31. The average molecular weight is 263 g/mol. The number of hydrogen-bond acceptors (Lipinski definition) is 2. The van der Waals surface area contributed by atoms with Gasteiger partial charge < -0.3 is 15.0 Å². The number of guanidine groups is 1. The molecule has 0 fully saturated rings. The molecule has 0 aliphatic carbocycles. The zero-order valence-corrected chi connectivity index (χ0v) is 12.2. The molecule has 0 heterocycles. The monoisotopic (exact) mass is 263 g/mol. The maximum absolute atomic E-state index is 5.04. The smallest absolute Gasteiger partial charge is 0.193 e. The highest BCUT2D eigenvalue weighted by molar-refractivity contribution is 5.79. The van der Waals surface area contributed by atoms with Crippen molar-refractivity contribution in [2.24, 2.45) is 4.99 Å². The second-order valence-corrected chi connectivity index (χ2v) is 4.42. The molecular weight excluding hydrogens is 238 g/mol. The van der Waals surface area contributed by atoms with Gasteiger partial charge in [0.1, 0.15) is 0 Å². The molecule has 1 N–H and O–H groups in total. The molecule has 0 atom stereocenters. The Bertz CT molecular complexity index is 365. The number of methoxy groups -OCH3 is 1. The third-order valence-electron chi connectivity index (χ3n) is 2.73. The van der Waals surface area contributed by atoms with Crippen LogP contribution in [0.2, 0.25) is 0 Å². The number of nitrogens with one attached hydrogen (secondary N) is 1. The highest BCUT2D eigenvalue weighted by Crippen LogP contribution is 2.03. The Morgan fingerprint density at radius 2 is 2.05 bits per heavy atom. The lowest BCUT2D eigenvalue weighted by Gasteiger charge is -2.22. The van der Waals surface area contributed by atoms with E-state index in [0.29, 0.717) is 0 Å². The first-order chi connectivity index (χ1) is 9.27. The summed E-state index contributed by atoms with van der Waals surface area (Å²) in [6.45, 7) is 5.36. The second-order valence-electron chi connectivity index (χ2n) is 4.42. The van der Waals surface area contributed by atoms with Gasteiger partial charge in [0.05, 0.1) is 0 Å². The van der Waals surface area contributed by atoms with E-state index < -0.39 is 0 Å². The van der Waals surface area contributed by atoms with E-state index in [0.717, 1.165) is 38.6 Å². The molecule has 4 nitrogen and oxygen atoms in total. The molecule has 0 aliphatic heterocycles. The number of rotatable bonds is 7. The zero-order valence-electron chi connectivity index (χ0n) is 12.2. The third-order valence-corrected chi connectivity index (χ3v) is 2.73. The molecule has 0 bridgehead atoms. The van der Waals surface area contributed by atoms with Crippen molar-refractivity contribution in [2.75, 3.05) is 33.9 Å². The van der Waals surface area contributed by atoms with Crippen LogP contribution in [0.25, 0.3) is 0 Å². The van der Waals surface area contributed by atoms with Crippen molar-refractivity contribution in [3.63, 3.8) is 0 Å². The van der Waals surface area contributed by atoms with Crippen molar-refractivity contribution < 1.29 is 4.74 Å². The summed E-state index contributed by atoms with van der Waals surface area (Å²) in [5.74, 6) is 0.947. The van der Waals surface area contributed by atoms with Gasteiger partial charge in [-0.05, 0) is 18.9 Å². The molecule has 0 saturated heterocycles. The van der Waals surface area contributed by atoms with Crippen LogP contribution in [0.5, 0.6) is 0 Å². The summed E-state index contributed by atoms with van der Waals surface area (Å²) in [4.78, 5) is 6.74. The summed E-state index contributed by atoms with van der Waals surface area (Å²) >= 11 is 0. The highest BCUT2D eigenvalue weighted by Gasteiger charge is 2.05. The number of nitrogens with zero attached hydrogens (tertiary/aromatic N) is 2. The summed E-state index contributed by atoms with van der Waals surface area (Å²) < 4.78 is 5.04. The Labute approximate surface area is 116 Å². The van der Waals surface area contributed by atoms with E-state index >= 15 is 0 Å². The van der Waals surface area contributed by atoms with Gasteiger partial charge in [-0.3, -0.25) is 4.99 Å². The SMILES string of the molecule is CCNC(=NCCCOC)N(C)Cc1ccccc1. The molecule has 0 unspecified atom stereocenters. The second kappa shape index (κ2) is 9.39. The van der Waals surface area contributed by atoms with Gasteiger partial charge in [0.15, 0.2) is 5.96 Å². The molecule has 0 spiro atoms. The first-order valence-electron chi connectivity index (χ1n) is 6.80. The lowest BCUT2D eigenvalue weighted by Crippen LogP contribution is -2.38. The first kappa shape index (κ1) is 15.5. The van der Waals surface area contributed by atoms with Crippen molar-refractivity contribution in [1.82, 2.24) is 10.2 Å². The molecule has 0 aromatic heterocycles. The minimum absolute atomic E-state index is 0.755. The number of benzene rings is 1. The Kier molecular flexibility index (Phi) is 7.66. The molecule has 0 amide bonds. The fourth-order valence-corrected chi connectivity index (χ4v) is 1.80. The normalized spacial score (nSPS) is 11.4. The third kappa shape index (κ3) is 6.25. The summed E-state index contributed by atoms with van der Waals surface area (Å²) in [6, 6.07) is 10.4. The van der Waals surface area contributed by atoms with Crippen LogP contribution in [-0.2, 0) is 11.3 Å². The predicted octanol–water partition coefficient (Wildman–Crippen LogP) is 2.12. The zero-order chi connectivity index (χ0) is 13.9. The minimum atomic E-state index is 0.755. The van der Waals surface area contributed by atoms with E-state index in [4.69, 9.17) is 4.74 Å². The van der Waals surface area contributed by atoms with Crippen molar-refractivity contribution in [3.8, 4) is 0 Å². The number of hydrogen-bond donors (Lipinski definition) is 1. The van der Waals surface area contributed by atoms with Crippen molar-refractivity contribution in [3.05, 3.63) is 35.9 Å². The molecule has 19 heavy (non-hydrogen) atoms. The van der Waals surface area contributed by atoms with Crippen LogP contribution in [0.15, 0.2) is 35.3 Å². The van der Waals surface area contributed by atoms with E-state index in [1.54, 1.807) is 7.11 Å². The predicted molar refractivity (Wildman–Crippen MR) is 80.4 cm³/mol. The largest absolute Gasteiger partial charge is 0.385 e. The van der Waals surface area contributed by atoms with Crippen LogP contribution in [0.1, 0.15) is 18.9 Å². The van der Waals surface area contributed by atoms with Crippen molar-refractivity contribution >= 4 is 5.96 Å². The van der Waals surface area contributed by atoms with Crippen LogP contribution in [0.3, 0.4) is 0 Å². The topological polar surface area (TPSA) is 36.9 Å². The van der Waals surface area contributed by atoms with Gasteiger partial charge >= 0.3 is 0 Å². The van der Waals surface area contributed by atoms with Gasteiger partial charge in [-0.2, -0.15) is 0 Å². The molecule has 0 aliphatic rings. The van der Waals surface area contributed by atoms with Gasteiger partial charge in [0, 0.05) is 40.4 Å². The number of ether oxygens (including phenoxy) is 1. The average Bonchev–Trinajstić information content (AvgIpc) is 2.43. The maximum Gasteiger partial charge on any atom is 0.193 e.